The molecule has 1 aliphatic heterocycles. The number of aryl methyl sites for hydroxylation is 1. The summed E-state index contributed by atoms with van der Waals surface area (Å²) < 4.78 is 4.30. The predicted octanol–water partition coefficient (Wildman–Crippen LogP) is 0.360. The number of nitrogens with one attached hydrogen (secondary N) is 2. The van der Waals surface area contributed by atoms with E-state index in [1.807, 2.05) is 6.07 Å². The molecule has 0 spiro atoms. The Bertz CT molecular complexity index is 539. The molecule has 6 heteroatoms. The van der Waals surface area contributed by atoms with Gasteiger partial charge >= 0.3 is 11.9 Å². The molecule has 2 N–H and O–H groups in total. The molecule has 0 saturated heterocycles. The lowest BCUT2D eigenvalue weighted by Gasteiger charge is -2.17. The second kappa shape index (κ2) is 5.51. The standard InChI is InChI=1S/C13H14N2O4/c1-19-13(18)12(17)14-7-8-2-4-10-9(6-8)3-5-11(16)15-10/h2,4,6H,3,5,7H2,1H3,(H,14,17)(H,15,16). The van der Waals surface area contributed by atoms with E-state index in [2.05, 4.69) is 15.4 Å². The van der Waals surface area contributed by atoms with Gasteiger partial charge in [0.15, 0.2) is 0 Å². The van der Waals surface area contributed by atoms with Crippen molar-refractivity contribution in [2.75, 3.05) is 12.4 Å². The summed E-state index contributed by atoms with van der Waals surface area (Å²) in [6, 6.07) is 5.50. The highest BCUT2D eigenvalue weighted by Crippen LogP contribution is 2.23. The largest absolute Gasteiger partial charge is 0.462 e. The van der Waals surface area contributed by atoms with Crippen LogP contribution in [0.15, 0.2) is 18.2 Å². The van der Waals surface area contributed by atoms with Gasteiger partial charge in [0.2, 0.25) is 5.91 Å². The highest BCUT2D eigenvalue weighted by atomic mass is 16.5. The number of carbonyl (C=O) groups excluding carboxylic acids is 3. The van der Waals surface area contributed by atoms with Crippen molar-refractivity contribution in [2.24, 2.45) is 0 Å². The number of amides is 2. The molecule has 0 saturated carbocycles. The van der Waals surface area contributed by atoms with Crippen LogP contribution in [0.3, 0.4) is 0 Å². The van der Waals surface area contributed by atoms with Crippen LogP contribution < -0.4 is 10.6 Å². The van der Waals surface area contributed by atoms with Crippen molar-refractivity contribution in [1.82, 2.24) is 5.32 Å². The molecule has 1 heterocycles. The molecular weight excluding hydrogens is 248 g/mol. The summed E-state index contributed by atoms with van der Waals surface area (Å²) in [7, 11) is 1.16. The number of hydrogen-bond acceptors (Lipinski definition) is 4. The Hall–Kier alpha value is -2.37. The number of methoxy groups -OCH3 is 1. The first-order valence-corrected chi connectivity index (χ1v) is 5.88. The van der Waals surface area contributed by atoms with E-state index in [1.165, 1.54) is 0 Å². The number of ether oxygens (including phenoxy) is 1. The first kappa shape index (κ1) is 13.1. The third kappa shape index (κ3) is 3.09. The molecule has 100 valence electrons. The fourth-order valence-electron chi connectivity index (χ4n) is 1.89. The molecule has 1 aromatic carbocycles. The third-order valence-electron chi connectivity index (χ3n) is 2.89. The van der Waals surface area contributed by atoms with Gasteiger partial charge in [0.05, 0.1) is 7.11 Å². The van der Waals surface area contributed by atoms with E-state index in [9.17, 15) is 14.4 Å². The Labute approximate surface area is 110 Å². The van der Waals surface area contributed by atoms with Crippen LogP contribution in [0.4, 0.5) is 5.69 Å². The minimum atomic E-state index is -0.912. The SMILES string of the molecule is COC(=O)C(=O)NCc1ccc2c(c1)CCC(=O)N2. The number of esters is 1. The molecule has 0 aliphatic carbocycles. The van der Waals surface area contributed by atoms with Gasteiger partial charge in [-0.25, -0.2) is 4.79 Å². The molecule has 0 atom stereocenters. The van der Waals surface area contributed by atoms with Crippen LogP contribution >= 0.6 is 0 Å². The second-order valence-corrected chi connectivity index (χ2v) is 4.21. The van der Waals surface area contributed by atoms with Crippen molar-refractivity contribution >= 4 is 23.5 Å². The first-order chi connectivity index (χ1) is 9.10. The van der Waals surface area contributed by atoms with E-state index < -0.39 is 11.9 Å². The predicted molar refractivity (Wildman–Crippen MR) is 67.3 cm³/mol. The number of fused-ring (bicyclic) bond motifs is 1. The van der Waals surface area contributed by atoms with Crippen LogP contribution in [-0.2, 0) is 32.1 Å². The van der Waals surface area contributed by atoms with Crippen molar-refractivity contribution in [3.05, 3.63) is 29.3 Å². The van der Waals surface area contributed by atoms with Crippen molar-refractivity contribution in [3.63, 3.8) is 0 Å². The molecule has 2 rings (SSSR count). The van der Waals surface area contributed by atoms with Gasteiger partial charge < -0.3 is 15.4 Å². The van der Waals surface area contributed by atoms with Gasteiger partial charge in [-0.3, -0.25) is 9.59 Å². The van der Waals surface area contributed by atoms with Crippen LogP contribution in [0.1, 0.15) is 17.5 Å². The molecule has 19 heavy (non-hydrogen) atoms. The summed E-state index contributed by atoms with van der Waals surface area (Å²) in [5.74, 6) is -1.67. The molecule has 6 nitrogen and oxygen atoms in total. The van der Waals surface area contributed by atoms with Gasteiger partial charge in [-0.2, -0.15) is 0 Å². The van der Waals surface area contributed by atoms with Gasteiger partial charge in [0, 0.05) is 18.7 Å². The Morgan fingerprint density at radius 3 is 2.89 bits per heavy atom. The van der Waals surface area contributed by atoms with Gasteiger partial charge in [-0.15, -0.1) is 0 Å². The van der Waals surface area contributed by atoms with E-state index in [1.54, 1.807) is 12.1 Å². The van der Waals surface area contributed by atoms with Gasteiger partial charge in [0.1, 0.15) is 0 Å². The van der Waals surface area contributed by atoms with Gasteiger partial charge in [0.25, 0.3) is 0 Å². The summed E-state index contributed by atoms with van der Waals surface area (Å²) >= 11 is 0. The van der Waals surface area contributed by atoms with Crippen molar-refractivity contribution < 1.29 is 19.1 Å². The van der Waals surface area contributed by atoms with E-state index in [-0.39, 0.29) is 12.5 Å². The molecule has 0 aromatic heterocycles. The number of benzene rings is 1. The lowest BCUT2D eigenvalue weighted by atomic mass is 10.0. The zero-order valence-electron chi connectivity index (χ0n) is 10.5. The van der Waals surface area contributed by atoms with E-state index in [4.69, 9.17) is 0 Å². The summed E-state index contributed by atoms with van der Waals surface area (Å²) in [4.78, 5) is 33.4. The van der Waals surface area contributed by atoms with Crippen molar-refractivity contribution in [1.29, 1.82) is 0 Å². The minimum absolute atomic E-state index is 0.0132. The molecule has 0 radical (unpaired) electrons. The smallest absolute Gasteiger partial charge is 0.396 e. The Kier molecular flexibility index (Phi) is 3.79. The average molecular weight is 262 g/mol. The average Bonchev–Trinajstić information content (AvgIpc) is 2.43. The highest BCUT2D eigenvalue weighted by Gasteiger charge is 2.16. The maximum atomic E-state index is 11.2. The van der Waals surface area contributed by atoms with Crippen LogP contribution in [-0.4, -0.2) is 24.9 Å². The molecule has 0 unspecified atom stereocenters. The van der Waals surface area contributed by atoms with Crippen molar-refractivity contribution in [2.45, 2.75) is 19.4 Å². The van der Waals surface area contributed by atoms with Crippen LogP contribution in [0.2, 0.25) is 0 Å². The fourth-order valence-corrected chi connectivity index (χ4v) is 1.89. The lowest BCUT2D eigenvalue weighted by molar-refractivity contribution is -0.152. The molecule has 2 amide bonds. The minimum Gasteiger partial charge on any atom is -0.462 e. The normalized spacial score (nSPS) is 13.2. The number of hydrogen-bond donors (Lipinski definition) is 2. The van der Waals surface area contributed by atoms with Gasteiger partial charge in [-0.05, 0) is 23.6 Å². The van der Waals surface area contributed by atoms with E-state index >= 15 is 0 Å². The number of carbonyl (C=O) groups is 3. The number of rotatable bonds is 2. The third-order valence-corrected chi connectivity index (χ3v) is 2.89. The van der Waals surface area contributed by atoms with E-state index in [0.717, 1.165) is 23.9 Å². The maximum Gasteiger partial charge on any atom is 0.396 e. The lowest BCUT2D eigenvalue weighted by Crippen LogP contribution is -2.31. The summed E-state index contributed by atoms with van der Waals surface area (Å²) in [6.07, 6.45) is 1.14. The topological polar surface area (TPSA) is 84.5 Å². The molecular formula is C13H14N2O4. The Morgan fingerprint density at radius 1 is 1.37 bits per heavy atom. The monoisotopic (exact) mass is 262 g/mol. The van der Waals surface area contributed by atoms with Gasteiger partial charge in [-0.1, -0.05) is 12.1 Å². The zero-order valence-corrected chi connectivity index (χ0v) is 10.5. The maximum absolute atomic E-state index is 11.2. The van der Waals surface area contributed by atoms with E-state index in [0.29, 0.717) is 12.8 Å². The summed E-state index contributed by atoms with van der Waals surface area (Å²) in [6.45, 7) is 0.245. The molecule has 0 bridgehead atoms. The van der Waals surface area contributed by atoms with Crippen LogP contribution in [0.5, 0.6) is 0 Å². The number of anilines is 1. The van der Waals surface area contributed by atoms with Crippen LogP contribution in [0.25, 0.3) is 0 Å². The zero-order chi connectivity index (χ0) is 13.8. The Morgan fingerprint density at radius 2 is 2.16 bits per heavy atom. The quantitative estimate of drug-likeness (QED) is 0.595. The molecule has 1 aromatic rings. The second-order valence-electron chi connectivity index (χ2n) is 4.21. The summed E-state index contributed by atoms with van der Waals surface area (Å²) in [5.41, 5.74) is 2.70. The first-order valence-electron chi connectivity index (χ1n) is 5.88. The van der Waals surface area contributed by atoms with Crippen molar-refractivity contribution in [3.8, 4) is 0 Å². The molecule has 0 fully saturated rings. The van der Waals surface area contributed by atoms with Crippen LogP contribution in [0, 0.1) is 0 Å². The summed E-state index contributed by atoms with van der Waals surface area (Å²) in [5, 5.41) is 5.24. The fraction of sp³-hybridized carbons (Fsp3) is 0.308. The Balaban J connectivity index is 2.01. The highest BCUT2D eigenvalue weighted by molar-refractivity contribution is 6.32. The molecule has 1 aliphatic rings.